The summed E-state index contributed by atoms with van der Waals surface area (Å²) < 4.78 is 10.5. The van der Waals surface area contributed by atoms with Crippen molar-refractivity contribution in [2.75, 3.05) is 51.6 Å². The minimum absolute atomic E-state index is 0.127. The summed E-state index contributed by atoms with van der Waals surface area (Å²) in [5.41, 5.74) is -0.227. The van der Waals surface area contributed by atoms with Crippen molar-refractivity contribution in [1.82, 2.24) is 4.90 Å². The van der Waals surface area contributed by atoms with Gasteiger partial charge in [-0.2, -0.15) is 0 Å². The van der Waals surface area contributed by atoms with Gasteiger partial charge in [0.15, 0.2) is 0 Å². The van der Waals surface area contributed by atoms with Gasteiger partial charge in [-0.1, -0.05) is 13.8 Å². The van der Waals surface area contributed by atoms with E-state index in [-0.39, 0.29) is 11.4 Å². The summed E-state index contributed by atoms with van der Waals surface area (Å²) in [5.74, 6) is 0.313. The average molecular weight is 399 g/mol. The fraction of sp³-hybridized carbons (Fsp3) is 0.632. The normalized spacial score (nSPS) is 10.6. The zero-order chi connectivity index (χ0) is 22.1. The maximum Gasteiger partial charge on any atom is 0.412 e. The summed E-state index contributed by atoms with van der Waals surface area (Å²) in [6.07, 6.45) is -0.709. The van der Waals surface area contributed by atoms with E-state index in [1.54, 1.807) is 38.8 Å². The van der Waals surface area contributed by atoms with Crippen LogP contribution < -0.4 is 15.0 Å². The van der Waals surface area contributed by atoms with E-state index in [0.29, 0.717) is 18.0 Å². The van der Waals surface area contributed by atoms with E-state index >= 15 is 0 Å². The molecule has 0 fully saturated rings. The van der Waals surface area contributed by atoms with E-state index in [1.807, 2.05) is 32.8 Å². The van der Waals surface area contributed by atoms with Crippen molar-refractivity contribution in [1.29, 1.82) is 0 Å². The van der Waals surface area contributed by atoms with Gasteiger partial charge in [0.1, 0.15) is 17.0 Å². The Morgan fingerprint density at radius 3 is 2.18 bits per heavy atom. The minimum Gasteiger partial charge on any atom is -0.494 e. The number of hydrogen-bond donors (Lipinski definition) is 1. The van der Waals surface area contributed by atoms with E-state index in [2.05, 4.69) is 5.32 Å². The zero-order valence-corrected chi connectivity index (χ0v) is 18.5. The van der Waals surface area contributed by atoms with Gasteiger partial charge >= 0.3 is 6.09 Å². The van der Waals surface area contributed by atoms with E-state index in [1.165, 1.54) is 13.2 Å². The van der Waals surface area contributed by atoms with Crippen molar-refractivity contribution >= 4 is 23.2 Å². The largest absolute Gasteiger partial charge is 0.494 e. The fourth-order valence-corrected chi connectivity index (χ4v) is 2.16. The van der Waals surface area contributed by atoms with Crippen LogP contribution in [0.5, 0.6) is 5.75 Å². The molecule has 9 heteroatoms. The van der Waals surface area contributed by atoms with Crippen molar-refractivity contribution in [2.24, 2.45) is 0 Å². The molecule has 28 heavy (non-hydrogen) atoms. The number of methoxy groups -OCH3 is 1. The zero-order valence-electron chi connectivity index (χ0n) is 18.5. The number of carbonyl (C=O) groups excluding carboxylic acids is 1. The van der Waals surface area contributed by atoms with Crippen LogP contribution in [0.25, 0.3) is 0 Å². The molecule has 0 radical (unpaired) electrons. The second-order valence-corrected chi connectivity index (χ2v) is 7.15. The van der Waals surface area contributed by atoms with Crippen LogP contribution in [-0.2, 0) is 4.74 Å². The van der Waals surface area contributed by atoms with Gasteiger partial charge in [0.25, 0.3) is 5.69 Å². The van der Waals surface area contributed by atoms with E-state index in [9.17, 15) is 14.9 Å². The SMILES string of the molecule is CC.COc1cc(N(C)CCN(C)C)c([N+](=O)[O-])cc1NC(=O)OC(C)(C)C. The molecule has 0 aliphatic carbocycles. The Balaban J connectivity index is 0.00000352. The lowest BCUT2D eigenvalue weighted by molar-refractivity contribution is -0.384. The number of benzene rings is 1. The molecule has 160 valence electrons. The Morgan fingerprint density at radius 2 is 1.75 bits per heavy atom. The monoisotopic (exact) mass is 398 g/mol. The predicted molar refractivity (Wildman–Crippen MR) is 113 cm³/mol. The van der Waals surface area contributed by atoms with Gasteiger partial charge in [-0.3, -0.25) is 15.4 Å². The molecule has 0 aliphatic heterocycles. The van der Waals surface area contributed by atoms with Crippen LogP contribution >= 0.6 is 0 Å². The molecule has 0 spiro atoms. The summed E-state index contributed by atoms with van der Waals surface area (Å²) >= 11 is 0. The summed E-state index contributed by atoms with van der Waals surface area (Å²) in [4.78, 5) is 26.8. The molecule has 0 saturated heterocycles. The van der Waals surface area contributed by atoms with Crippen LogP contribution in [0.4, 0.5) is 21.9 Å². The fourth-order valence-electron chi connectivity index (χ4n) is 2.16. The standard InChI is InChI=1S/C17H28N4O5.C2H6/c1-17(2,3)26-16(22)18-12-10-14(21(23)24)13(11-15(12)25-7)20(6)9-8-19(4)5;1-2/h10-11H,8-9H2,1-7H3,(H,18,22);1-2H3. The van der Waals surface area contributed by atoms with Gasteiger partial charge in [0, 0.05) is 32.3 Å². The van der Waals surface area contributed by atoms with Gasteiger partial charge in [-0.15, -0.1) is 0 Å². The maximum absolute atomic E-state index is 12.0. The predicted octanol–water partition coefficient (Wildman–Crippen LogP) is 3.97. The Morgan fingerprint density at radius 1 is 1.18 bits per heavy atom. The van der Waals surface area contributed by atoms with Crippen LogP contribution in [-0.4, -0.2) is 62.9 Å². The lowest BCUT2D eigenvalue weighted by Crippen LogP contribution is -2.29. The van der Waals surface area contributed by atoms with Gasteiger partial charge in [0.2, 0.25) is 0 Å². The third kappa shape index (κ3) is 8.43. The summed E-state index contributed by atoms with van der Waals surface area (Å²) in [6, 6.07) is 2.82. The number of rotatable bonds is 7. The first-order valence-corrected chi connectivity index (χ1v) is 9.17. The van der Waals surface area contributed by atoms with Crippen molar-refractivity contribution < 1.29 is 19.2 Å². The van der Waals surface area contributed by atoms with Gasteiger partial charge in [0.05, 0.1) is 17.7 Å². The number of nitrogens with zero attached hydrogens (tertiary/aromatic N) is 3. The first-order valence-electron chi connectivity index (χ1n) is 9.17. The first kappa shape index (κ1) is 25.4. The molecular formula is C19H34N4O5. The number of ether oxygens (including phenoxy) is 2. The molecule has 1 N–H and O–H groups in total. The van der Waals surface area contributed by atoms with Crippen LogP contribution in [0.1, 0.15) is 34.6 Å². The highest BCUT2D eigenvalue weighted by atomic mass is 16.6. The number of anilines is 2. The molecule has 0 aliphatic rings. The van der Waals surface area contributed by atoms with E-state index < -0.39 is 16.6 Å². The summed E-state index contributed by atoms with van der Waals surface area (Å²) in [7, 11) is 7.06. The molecule has 0 saturated carbocycles. The molecule has 0 aromatic heterocycles. The summed E-state index contributed by atoms with van der Waals surface area (Å²) in [5, 5.41) is 14.0. The van der Waals surface area contributed by atoms with Crippen LogP contribution in [0.15, 0.2) is 12.1 Å². The number of hydrogen-bond acceptors (Lipinski definition) is 7. The van der Waals surface area contributed by atoms with Crippen LogP contribution in [0, 0.1) is 10.1 Å². The second kappa shape index (κ2) is 11.3. The Labute approximate surface area is 167 Å². The lowest BCUT2D eigenvalue weighted by atomic mass is 10.2. The number of nitrogens with one attached hydrogen (secondary N) is 1. The lowest BCUT2D eigenvalue weighted by Gasteiger charge is -2.23. The first-order chi connectivity index (χ1) is 12.9. The molecule has 1 aromatic rings. The van der Waals surface area contributed by atoms with Crippen molar-refractivity contribution in [3.05, 3.63) is 22.2 Å². The average Bonchev–Trinajstić information content (AvgIpc) is 2.59. The minimum atomic E-state index is -0.709. The molecule has 1 aromatic carbocycles. The van der Waals surface area contributed by atoms with Gasteiger partial charge < -0.3 is 19.3 Å². The number of nitro groups is 1. The topological polar surface area (TPSA) is 97.2 Å². The molecule has 1 rings (SSSR count). The molecule has 0 bridgehead atoms. The highest BCUT2D eigenvalue weighted by Gasteiger charge is 2.24. The highest BCUT2D eigenvalue weighted by molar-refractivity contribution is 5.89. The molecule has 0 heterocycles. The molecule has 1 amide bonds. The third-order valence-electron chi connectivity index (χ3n) is 3.42. The quantitative estimate of drug-likeness (QED) is 0.548. The Hall–Kier alpha value is -2.55. The van der Waals surface area contributed by atoms with Crippen LogP contribution in [0.2, 0.25) is 0 Å². The number of nitro benzene ring substituents is 1. The second-order valence-electron chi connectivity index (χ2n) is 7.15. The summed E-state index contributed by atoms with van der Waals surface area (Å²) in [6.45, 7) is 10.5. The van der Waals surface area contributed by atoms with Gasteiger partial charge in [-0.25, -0.2) is 4.79 Å². The third-order valence-corrected chi connectivity index (χ3v) is 3.42. The van der Waals surface area contributed by atoms with Crippen molar-refractivity contribution in [2.45, 2.75) is 40.2 Å². The van der Waals surface area contributed by atoms with E-state index in [4.69, 9.17) is 9.47 Å². The van der Waals surface area contributed by atoms with E-state index in [0.717, 1.165) is 6.54 Å². The smallest absolute Gasteiger partial charge is 0.412 e. The van der Waals surface area contributed by atoms with Crippen LogP contribution in [0.3, 0.4) is 0 Å². The number of carbonyl (C=O) groups is 1. The molecular weight excluding hydrogens is 364 g/mol. The van der Waals surface area contributed by atoms with Crippen molar-refractivity contribution in [3.63, 3.8) is 0 Å². The number of likely N-dealkylation sites (N-methyl/N-ethyl adjacent to an activating group) is 2. The Kier molecular flexibility index (Phi) is 10.3. The molecule has 0 unspecified atom stereocenters. The molecule has 9 nitrogen and oxygen atoms in total. The van der Waals surface area contributed by atoms with Crippen molar-refractivity contribution in [3.8, 4) is 5.75 Å². The maximum atomic E-state index is 12.0. The number of amides is 1. The highest BCUT2D eigenvalue weighted by Crippen LogP contribution is 2.38. The van der Waals surface area contributed by atoms with Gasteiger partial charge in [-0.05, 0) is 34.9 Å². The molecule has 0 atom stereocenters. The Bertz CT molecular complexity index is 656.